The smallest absolute Gasteiger partial charge is 0.209 e. The van der Waals surface area contributed by atoms with E-state index in [1.807, 2.05) is 0 Å². The van der Waals surface area contributed by atoms with Crippen LogP contribution in [0.25, 0.3) is 22.6 Å². The number of halogens is 1. The maximum absolute atomic E-state index is 13.7. The second-order valence-corrected chi connectivity index (χ2v) is 7.21. The molecule has 0 saturated heterocycles. The van der Waals surface area contributed by atoms with Crippen molar-refractivity contribution in [1.82, 2.24) is 19.5 Å². The Labute approximate surface area is 167 Å². The molecule has 29 heavy (non-hydrogen) atoms. The summed E-state index contributed by atoms with van der Waals surface area (Å²) in [7, 11) is 1.79. The molecular formula is C21H22FN5O2. The van der Waals surface area contributed by atoms with Crippen LogP contribution >= 0.6 is 0 Å². The molecule has 2 aromatic heterocycles. The lowest BCUT2D eigenvalue weighted by Gasteiger charge is -2.12. The van der Waals surface area contributed by atoms with E-state index in [2.05, 4.69) is 32.1 Å². The molecule has 2 heterocycles. The third-order valence-electron chi connectivity index (χ3n) is 5.04. The summed E-state index contributed by atoms with van der Waals surface area (Å²) in [6, 6.07) is 6.18. The predicted octanol–water partition coefficient (Wildman–Crippen LogP) is 2.23. The van der Waals surface area contributed by atoms with Gasteiger partial charge in [-0.1, -0.05) is 18.1 Å². The molecule has 1 fully saturated rings. The van der Waals surface area contributed by atoms with E-state index in [1.165, 1.54) is 12.1 Å². The Bertz CT molecular complexity index is 1110. The number of fused-ring (bicyclic) bond motifs is 1. The van der Waals surface area contributed by atoms with Crippen LogP contribution in [0.4, 0.5) is 10.2 Å². The number of benzene rings is 1. The number of aromatic nitrogens is 4. The van der Waals surface area contributed by atoms with Gasteiger partial charge in [-0.25, -0.2) is 19.3 Å². The van der Waals surface area contributed by atoms with Gasteiger partial charge >= 0.3 is 0 Å². The molecule has 0 atom stereocenters. The molecule has 3 N–H and O–H groups in total. The van der Waals surface area contributed by atoms with E-state index in [4.69, 9.17) is 0 Å². The molecule has 1 aliphatic rings. The number of aryl methyl sites for hydroxylation is 1. The highest BCUT2D eigenvalue weighted by Crippen LogP contribution is 2.29. The van der Waals surface area contributed by atoms with Crippen LogP contribution in [0.15, 0.2) is 24.3 Å². The molecule has 1 aromatic carbocycles. The molecule has 4 rings (SSSR count). The fourth-order valence-electron chi connectivity index (χ4n) is 3.56. The Hall–Kier alpha value is -3.02. The van der Waals surface area contributed by atoms with Crippen LogP contribution in [0, 0.1) is 17.7 Å². The molecule has 0 unspecified atom stereocenters. The number of hydrogen-bond donors (Lipinski definition) is 3. The first-order chi connectivity index (χ1) is 14.0. The third-order valence-corrected chi connectivity index (χ3v) is 5.04. The van der Waals surface area contributed by atoms with E-state index >= 15 is 0 Å². The van der Waals surface area contributed by atoms with Crippen LogP contribution in [-0.4, -0.2) is 48.5 Å². The molecule has 0 radical (unpaired) electrons. The highest BCUT2D eigenvalue weighted by molar-refractivity contribution is 5.87. The quantitative estimate of drug-likeness (QED) is 0.587. The molecule has 0 bridgehead atoms. The van der Waals surface area contributed by atoms with Gasteiger partial charge in [0.15, 0.2) is 17.0 Å². The average molecular weight is 395 g/mol. The van der Waals surface area contributed by atoms with Crippen molar-refractivity contribution in [3.63, 3.8) is 0 Å². The minimum Gasteiger partial charge on any atom is -0.395 e. The van der Waals surface area contributed by atoms with Gasteiger partial charge in [0.05, 0.1) is 6.61 Å². The maximum atomic E-state index is 13.7. The summed E-state index contributed by atoms with van der Waals surface area (Å²) < 4.78 is 15.4. The Morgan fingerprint density at radius 1 is 1.24 bits per heavy atom. The van der Waals surface area contributed by atoms with Gasteiger partial charge in [0.25, 0.3) is 0 Å². The van der Waals surface area contributed by atoms with Crippen LogP contribution < -0.4 is 5.32 Å². The summed E-state index contributed by atoms with van der Waals surface area (Å²) in [4.78, 5) is 13.5. The van der Waals surface area contributed by atoms with Gasteiger partial charge in [-0.3, -0.25) is 0 Å². The minimum atomic E-state index is -0.990. The Morgan fingerprint density at radius 3 is 2.76 bits per heavy atom. The molecule has 0 aliphatic heterocycles. The van der Waals surface area contributed by atoms with Crippen LogP contribution in [0.3, 0.4) is 0 Å². The SMILES string of the molecule is Cn1c(-c2cccc(F)c2)nc2c(NCCO)nc(C#CC3(O)CCCC3)nc21. The number of aliphatic hydroxyl groups is 2. The van der Waals surface area contributed by atoms with Crippen molar-refractivity contribution in [2.24, 2.45) is 7.05 Å². The van der Waals surface area contributed by atoms with E-state index in [-0.39, 0.29) is 24.8 Å². The number of nitrogens with one attached hydrogen (secondary N) is 1. The van der Waals surface area contributed by atoms with Crippen molar-refractivity contribution < 1.29 is 14.6 Å². The van der Waals surface area contributed by atoms with Gasteiger partial charge in [-0.15, -0.1) is 0 Å². The average Bonchev–Trinajstić information content (AvgIpc) is 3.29. The van der Waals surface area contributed by atoms with Crippen LogP contribution in [0.1, 0.15) is 31.5 Å². The van der Waals surface area contributed by atoms with E-state index in [0.29, 0.717) is 41.2 Å². The molecule has 1 saturated carbocycles. The zero-order valence-corrected chi connectivity index (χ0v) is 16.1. The zero-order chi connectivity index (χ0) is 20.4. The van der Waals surface area contributed by atoms with Gasteiger partial charge < -0.3 is 20.1 Å². The Morgan fingerprint density at radius 2 is 2.03 bits per heavy atom. The number of anilines is 1. The molecule has 0 spiro atoms. The van der Waals surface area contributed by atoms with Gasteiger partial charge in [-0.2, -0.15) is 0 Å². The van der Waals surface area contributed by atoms with E-state index < -0.39 is 5.60 Å². The minimum absolute atomic E-state index is 0.0736. The molecule has 0 amide bonds. The maximum Gasteiger partial charge on any atom is 0.209 e. The van der Waals surface area contributed by atoms with E-state index in [0.717, 1.165) is 12.8 Å². The molecule has 7 nitrogen and oxygen atoms in total. The fourth-order valence-corrected chi connectivity index (χ4v) is 3.56. The monoisotopic (exact) mass is 395 g/mol. The van der Waals surface area contributed by atoms with Gasteiger partial charge in [0, 0.05) is 19.2 Å². The Kier molecular flexibility index (Phi) is 5.18. The number of hydrogen-bond acceptors (Lipinski definition) is 6. The van der Waals surface area contributed by atoms with Crippen LogP contribution in [0.2, 0.25) is 0 Å². The first-order valence-electron chi connectivity index (χ1n) is 9.60. The van der Waals surface area contributed by atoms with Crippen LogP contribution in [0.5, 0.6) is 0 Å². The summed E-state index contributed by atoms with van der Waals surface area (Å²) in [6.45, 7) is 0.213. The lowest BCUT2D eigenvalue weighted by Crippen LogP contribution is -2.21. The van der Waals surface area contributed by atoms with Crippen molar-refractivity contribution in [1.29, 1.82) is 0 Å². The molecule has 1 aliphatic carbocycles. The van der Waals surface area contributed by atoms with Gasteiger partial charge in [0.1, 0.15) is 17.2 Å². The van der Waals surface area contributed by atoms with E-state index in [9.17, 15) is 14.6 Å². The van der Waals surface area contributed by atoms with Gasteiger partial charge in [0.2, 0.25) is 5.82 Å². The number of aliphatic hydroxyl groups excluding tert-OH is 1. The fraction of sp³-hybridized carbons (Fsp3) is 0.381. The number of imidazole rings is 1. The first kappa shape index (κ1) is 19.3. The van der Waals surface area contributed by atoms with Crippen molar-refractivity contribution in [3.8, 4) is 23.2 Å². The summed E-state index contributed by atoms with van der Waals surface area (Å²) >= 11 is 0. The zero-order valence-electron chi connectivity index (χ0n) is 16.1. The second kappa shape index (κ2) is 7.78. The topological polar surface area (TPSA) is 96.1 Å². The molecule has 8 heteroatoms. The van der Waals surface area contributed by atoms with Gasteiger partial charge in [-0.05, 0) is 43.7 Å². The van der Waals surface area contributed by atoms with Crippen molar-refractivity contribution in [3.05, 3.63) is 35.9 Å². The summed E-state index contributed by atoms with van der Waals surface area (Å²) in [5, 5.41) is 22.7. The van der Waals surface area contributed by atoms with E-state index in [1.54, 1.807) is 23.7 Å². The third kappa shape index (κ3) is 3.92. The number of nitrogens with zero attached hydrogens (tertiary/aromatic N) is 4. The standard InChI is InChI=1S/C21H22FN5O2/c1-27-19(14-5-4-6-15(22)13-14)26-17-18(23-11-12-28)24-16(25-20(17)27)7-10-21(29)8-2-3-9-21/h4-6,13,28-29H,2-3,8-9,11-12H2,1H3,(H,23,24,25). The normalized spacial score (nSPS) is 15.3. The van der Waals surface area contributed by atoms with Crippen molar-refractivity contribution in [2.45, 2.75) is 31.3 Å². The number of rotatable bonds is 4. The molecule has 150 valence electrons. The summed E-state index contributed by atoms with van der Waals surface area (Å²) in [6.07, 6.45) is 3.20. The first-order valence-corrected chi connectivity index (χ1v) is 9.60. The largest absolute Gasteiger partial charge is 0.395 e. The molecular weight excluding hydrogens is 373 g/mol. The Balaban J connectivity index is 1.83. The summed E-state index contributed by atoms with van der Waals surface area (Å²) in [5.74, 6) is 6.69. The highest BCUT2D eigenvalue weighted by Gasteiger charge is 2.28. The van der Waals surface area contributed by atoms with Crippen LogP contribution in [-0.2, 0) is 7.05 Å². The lowest BCUT2D eigenvalue weighted by atomic mass is 10.0. The lowest BCUT2D eigenvalue weighted by molar-refractivity contribution is 0.110. The van der Waals surface area contributed by atoms with Crippen molar-refractivity contribution >= 4 is 17.0 Å². The predicted molar refractivity (Wildman–Crippen MR) is 108 cm³/mol. The molecule has 3 aromatic rings. The highest BCUT2D eigenvalue weighted by atomic mass is 19.1. The van der Waals surface area contributed by atoms with Crippen molar-refractivity contribution in [2.75, 3.05) is 18.5 Å². The summed E-state index contributed by atoms with van der Waals surface area (Å²) in [5.41, 5.74) is 0.662. The second-order valence-electron chi connectivity index (χ2n) is 7.21.